The van der Waals surface area contributed by atoms with Gasteiger partial charge in [0.05, 0.1) is 28.2 Å². The molecule has 1 aromatic carbocycles. The minimum atomic E-state index is -0.817. The number of nitrogens with one attached hydrogen (secondary N) is 1. The standard InChI is InChI=1S/C30H40N4O7S/c1-7-39-26(38-6)15-40-25-13-24(41-33-25)27(17(2)3)30(37)34-14-22(35)12-23(34)29(36)32-18(4)20-8-10-21(11-9-20)28-19(5)31-16-42-28/h8-11,13,16-18,22-23,26-27,35H,7,12,14-15H2,1-6H3,(H,32,36)/t18-,22+,23-,26?,27+/m0/s1. The highest BCUT2D eigenvalue weighted by Crippen LogP contribution is 2.33. The molecule has 0 aliphatic carbocycles. The Kier molecular flexibility index (Phi) is 10.7. The Labute approximate surface area is 250 Å². The maximum Gasteiger partial charge on any atom is 0.254 e. The number of methoxy groups -OCH3 is 1. The molecule has 0 bridgehead atoms. The first-order valence-electron chi connectivity index (χ1n) is 14.2. The Morgan fingerprint density at radius 1 is 1.24 bits per heavy atom. The van der Waals surface area contributed by atoms with E-state index in [1.807, 2.05) is 64.4 Å². The summed E-state index contributed by atoms with van der Waals surface area (Å²) >= 11 is 1.59. The van der Waals surface area contributed by atoms with Gasteiger partial charge in [-0.1, -0.05) is 38.1 Å². The molecule has 11 nitrogen and oxygen atoms in total. The molecule has 1 aliphatic heterocycles. The monoisotopic (exact) mass is 600 g/mol. The van der Waals surface area contributed by atoms with Gasteiger partial charge in [0.25, 0.3) is 5.88 Å². The van der Waals surface area contributed by atoms with E-state index in [0.29, 0.717) is 12.4 Å². The number of aromatic nitrogens is 2. The highest BCUT2D eigenvalue weighted by molar-refractivity contribution is 7.13. The van der Waals surface area contributed by atoms with Gasteiger partial charge in [0, 0.05) is 32.7 Å². The number of carbonyl (C=O) groups excluding carboxylic acids is 2. The molecule has 1 saturated heterocycles. The van der Waals surface area contributed by atoms with E-state index >= 15 is 0 Å². The van der Waals surface area contributed by atoms with Crippen molar-refractivity contribution in [1.82, 2.24) is 20.4 Å². The molecule has 2 aromatic heterocycles. The molecular weight excluding hydrogens is 560 g/mol. The van der Waals surface area contributed by atoms with E-state index < -0.39 is 24.4 Å². The van der Waals surface area contributed by atoms with Gasteiger partial charge in [0.2, 0.25) is 11.8 Å². The highest BCUT2D eigenvalue weighted by atomic mass is 32.1. The number of carbonyl (C=O) groups is 2. The van der Waals surface area contributed by atoms with Crippen LogP contribution >= 0.6 is 11.3 Å². The molecule has 1 fully saturated rings. The van der Waals surface area contributed by atoms with E-state index in [4.69, 9.17) is 18.7 Å². The maximum atomic E-state index is 13.9. The number of thiazole rings is 1. The summed E-state index contributed by atoms with van der Waals surface area (Å²) in [6, 6.07) is 8.45. The van der Waals surface area contributed by atoms with Gasteiger partial charge >= 0.3 is 0 Å². The lowest BCUT2D eigenvalue weighted by Gasteiger charge is -2.29. The molecule has 2 N–H and O–H groups in total. The van der Waals surface area contributed by atoms with Crippen LogP contribution in [0.5, 0.6) is 5.88 Å². The summed E-state index contributed by atoms with van der Waals surface area (Å²) in [5.41, 5.74) is 4.81. The van der Waals surface area contributed by atoms with Crippen LogP contribution in [0.15, 0.2) is 40.4 Å². The maximum absolute atomic E-state index is 13.9. The molecule has 5 atom stereocenters. The molecule has 0 saturated carbocycles. The van der Waals surface area contributed by atoms with Crippen molar-refractivity contribution in [2.75, 3.05) is 26.9 Å². The van der Waals surface area contributed by atoms with Crippen LogP contribution in [0.25, 0.3) is 10.4 Å². The number of rotatable bonds is 13. The summed E-state index contributed by atoms with van der Waals surface area (Å²) in [7, 11) is 1.52. The smallest absolute Gasteiger partial charge is 0.254 e. The molecule has 0 spiro atoms. The average molecular weight is 601 g/mol. The fourth-order valence-corrected chi connectivity index (χ4v) is 5.94. The van der Waals surface area contributed by atoms with Gasteiger partial charge in [-0.15, -0.1) is 11.3 Å². The van der Waals surface area contributed by atoms with Crippen LogP contribution in [-0.4, -0.2) is 77.3 Å². The first kappa shape index (κ1) is 31.6. The first-order chi connectivity index (χ1) is 20.1. The molecule has 1 aliphatic rings. The van der Waals surface area contributed by atoms with E-state index in [1.165, 1.54) is 12.0 Å². The van der Waals surface area contributed by atoms with Crippen LogP contribution in [-0.2, 0) is 19.1 Å². The first-order valence-corrected chi connectivity index (χ1v) is 15.0. The molecule has 4 rings (SSSR count). The SMILES string of the molecule is CCOC(COc1cc([C@H](C(=O)N2C[C@H](O)C[C@H]2C(=O)N[C@@H](C)c2ccc(-c3scnc3C)cc2)C(C)C)on1)OC. The number of β-amino-alcohol motifs (C(OH)–C–C–N with tert-alkyl or cyclic N) is 1. The van der Waals surface area contributed by atoms with Crippen molar-refractivity contribution in [3.8, 4) is 16.3 Å². The molecule has 0 radical (unpaired) electrons. The van der Waals surface area contributed by atoms with E-state index in [1.54, 1.807) is 17.4 Å². The van der Waals surface area contributed by atoms with E-state index in [0.717, 1.165) is 21.7 Å². The number of likely N-dealkylation sites (tertiary alicyclic amines) is 1. The number of aliphatic hydroxyl groups excluding tert-OH is 1. The topological polar surface area (TPSA) is 136 Å². The van der Waals surface area contributed by atoms with Crippen molar-refractivity contribution in [3.05, 3.63) is 52.9 Å². The lowest BCUT2D eigenvalue weighted by molar-refractivity contribution is -0.141. The average Bonchev–Trinajstić information content (AvgIpc) is 3.71. The third kappa shape index (κ3) is 7.35. The van der Waals surface area contributed by atoms with Crippen LogP contribution in [0.3, 0.4) is 0 Å². The van der Waals surface area contributed by atoms with Crippen LogP contribution < -0.4 is 10.1 Å². The largest absolute Gasteiger partial charge is 0.470 e. The van der Waals surface area contributed by atoms with Crippen LogP contribution in [0.4, 0.5) is 0 Å². The van der Waals surface area contributed by atoms with Gasteiger partial charge in [-0.05, 0) is 43.0 Å². The van der Waals surface area contributed by atoms with Crippen molar-refractivity contribution in [2.24, 2.45) is 5.92 Å². The van der Waals surface area contributed by atoms with Crippen LogP contribution in [0.2, 0.25) is 0 Å². The fraction of sp³-hybridized carbons (Fsp3) is 0.533. The molecular formula is C30H40N4O7S. The molecule has 42 heavy (non-hydrogen) atoms. The summed E-state index contributed by atoms with van der Waals surface area (Å²) in [4.78, 5) is 34.2. The van der Waals surface area contributed by atoms with Crippen molar-refractivity contribution in [2.45, 2.75) is 71.4 Å². The van der Waals surface area contributed by atoms with E-state index in [2.05, 4.69) is 15.5 Å². The quantitative estimate of drug-likeness (QED) is 0.278. The van der Waals surface area contributed by atoms with Crippen molar-refractivity contribution < 1.29 is 33.4 Å². The number of hydrogen-bond acceptors (Lipinski definition) is 10. The fourth-order valence-electron chi connectivity index (χ4n) is 5.13. The Balaban J connectivity index is 1.43. The second kappa shape index (κ2) is 14.2. The van der Waals surface area contributed by atoms with E-state index in [9.17, 15) is 14.7 Å². The summed E-state index contributed by atoms with van der Waals surface area (Å²) in [6.45, 7) is 10.1. The van der Waals surface area contributed by atoms with Crippen LogP contribution in [0, 0.1) is 12.8 Å². The van der Waals surface area contributed by atoms with Crippen molar-refractivity contribution >= 4 is 23.2 Å². The second-order valence-corrected chi connectivity index (χ2v) is 11.6. The van der Waals surface area contributed by atoms with Gasteiger partial charge in [-0.3, -0.25) is 9.59 Å². The summed E-state index contributed by atoms with van der Waals surface area (Å²) in [6.07, 6.45) is -1.22. The highest BCUT2D eigenvalue weighted by Gasteiger charge is 2.43. The van der Waals surface area contributed by atoms with Crippen molar-refractivity contribution in [1.29, 1.82) is 0 Å². The normalized spacial score (nSPS) is 19.1. The molecule has 3 aromatic rings. The number of aliphatic hydroxyl groups is 1. The Morgan fingerprint density at radius 2 is 1.98 bits per heavy atom. The summed E-state index contributed by atoms with van der Waals surface area (Å²) in [5.74, 6) is -1.01. The summed E-state index contributed by atoms with van der Waals surface area (Å²) < 4.78 is 21.8. The Morgan fingerprint density at radius 3 is 2.60 bits per heavy atom. The van der Waals surface area contributed by atoms with Crippen molar-refractivity contribution in [3.63, 3.8) is 0 Å². The Bertz CT molecular complexity index is 1330. The number of ether oxygens (including phenoxy) is 3. The lowest BCUT2D eigenvalue weighted by Crippen LogP contribution is -2.48. The third-order valence-corrected chi connectivity index (χ3v) is 8.35. The number of aryl methyl sites for hydroxylation is 1. The zero-order chi connectivity index (χ0) is 30.4. The van der Waals surface area contributed by atoms with Gasteiger partial charge in [-0.25, -0.2) is 4.98 Å². The number of hydrogen-bond donors (Lipinski definition) is 2. The zero-order valence-electron chi connectivity index (χ0n) is 24.9. The number of benzene rings is 1. The minimum Gasteiger partial charge on any atom is -0.470 e. The molecule has 228 valence electrons. The summed E-state index contributed by atoms with van der Waals surface area (Å²) in [5, 5.41) is 17.5. The number of nitrogens with zero attached hydrogens (tertiary/aromatic N) is 3. The zero-order valence-corrected chi connectivity index (χ0v) is 25.7. The number of amides is 2. The molecule has 12 heteroatoms. The second-order valence-electron chi connectivity index (χ2n) is 10.7. The molecule has 2 amide bonds. The van der Waals surface area contributed by atoms with Gasteiger partial charge in [0.1, 0.15) is 18.6 Å². The van der Waals surface area contributed by atoms with Gasteiger partial charge in [0.15, 0.2) is 12.1 Å². The minimum absolute atomic E-state index is 0.0544. The Hall–Kier alpha value is -3.32. The third-order valence-electron chi connectivity index (χ3n) is 7.37. The van der Waals surface area contributed by atoms with Crippen LogP contribution in [0.1, 0.15) is 63.1 Å². The predicted molar refractivity (Wildman–Crippen MR) is 157 cm³/mol. The van der Waals surface area contributed by atoms with Gasteiger partial charge in [-0.2, -0.15) is 0 Å². The molecule has 1 unspecified atom stereocenters. The van der Waals surface area contributed by atoms with Gasteiger partial charge < -0.3 is 34.1 Å². The predicted octanol–water partition coefficient (Wildman–Crippen LogP) is 4.07. The van der Waals surface area contributed by atoms with E-state index in [-0.39, 0.29) is 49.2 Å². The lowest BCUT2D eigenvalue weighted by atomic mass is 9.91. The molecule has 3 heterocycles.